The minimum atomic E-state index is -1.24. The van der Waals surface area contributed by atoms with Crippen LogP contribution in [-0.4, -0.2) is 14.6 Å². The summed E-state index contributed by atoms with van der Waals surface area (Å²) in [5.41, 5.74) is 0. The van der Waals surface area contributed by atoms with Gasteiger partial charge in [0.05, 0.1) is 10.4 Å². The van der Waals surface area contributed by atoms with Crippen molar-refractivity contribution >= 4 is 69.6 Å². The largest absolute Gasteiger partial charge is 0.159 e. The Morgan fingerprint density at radius 1 is 1.15 bits per heavy atom. The second-order valence-electron chi connectivity index (χ2n) is 3.30. The Hall–Kier alpha value is 1.48. The van der Waals surface area contributed by atoms with Gasteiger partial charge in [-0.2, -0.15) is 0 Å². The maximum Gasteiger partial charge on any atom is 0.159 e. The summed E-state index contributed by atoms with van der Waals surface area (Å²) < 4.78 is -1.24. The molecule has 3 atom stereocenters. The van der Waals surface area contributed by atoms with E-state index in [-0.39, 0.29) is 5.92 Å². The van der Waals surface area contributed by atoms with Gasteiger partial charge < -0.3 is 0 Å². The topological polar surface area (TPSA) is 0 Å². The van der Waals surface area contributed by atoms with Crippen LogP contribution in [0.4, 0.5) is 0 Å². The zero-order chi connectivity index (χ0) is 10.0. The molecule has 74 valence electrons. The van der Waals surface area contributed by atoms with Gasteiger partial charge in [-0.25, -0.2) is 0 Å². The third-order valence-electron chi connectivity index (χ3n) is 2.61. The molecule has 6 heteroatoms. The Morgan fingerprint density at radius 2 is 1.69 bits per heavy atom. The van der Waals surface area contributed by atoms with Crippen molar-refractivity contribution in [2.75, 3.05) is 0 Å². The maximum atomic E-state index is 6.21. The van der Waals surface area contributed by atoms with Crippen molar-refractivity contribution in [2.24, 2.45) is 5.92 Å². The van der Waals surface area contributed by atoms with Gasteiger partial charge in [-0.15, -0.1) is 23.2 Å². The lowest BCUT2D eigenvalue weighted by atomic mass is 10.1. The van der Waals surface area contributed by atoms with E-state index < -0.39 is 14.6 Å². The minimum Gasteiger partial charge on any atom is -0.119 e. The fourth-order valence-electron chi connectivity index (χ4n) is 1.82. The number of allylic oxidation sites excluding steroid dienone is 2. The van der Waals surface area contributed by atoms with Gasteiger partial charge in [0, 0.05) is 11.0 Å². The summed E-state index contributed by atoms with van der Waals surface area (Å²) in [7, 11) is 0. The first kappa shape index (κ1) is 11.0. The van der Waals surface area contributed by atoms with Gasteiger partial charge in [-0.1, -0.05) is 46.4 Å². The molecule has 0 nitrogen and oxygen atoms in total. The van der Waals surface area contributed by atoms with Crippen LogP contribution in [0.15, 0.2) is 10.1 Å². The number of hydrogen-bond acceptors (Lipinski definition) is 0. The first-order valence-corrected chi connectivity index (χ1v) is 5.91. The van der Waals surface area contributed by atoms with Crippen LogP contribution in [0.3, 0.4) is 0 Å². The first-order chi connectivity index (χ1) is 5.82. The molecule has 2 rings (SSSR count). The van der Waals surface area contributed by atoms with Crippen LogP contribution in [0.2, 0.25) is 0 Å². The molecule has 0 heterocycles. The van der Waals surface area contributed by atoms with E-state index in [1.165, 1.54) is 0 Å². The van der Waals surface area contributed by atoms with Gasteiger partial charge in [0.2, 0.25) is 0 Å². The smallest absolute Gasteiger partial charge is 0.119 e. The fourth-order valence-corrected chi connectivity index (χ4v) is 4.25. The summed E-state index contributed by atoms with van der Waals surface area (Å²) in [6.45, 7) is 0. The number of hydrogen-bond donors (Lipinski definition) is 0. The lowest BCUT2D eigenvalue weighted by Gasteiger charge is -2.34. The van der Waals surface area contributed by atoms with Crippen molar-refractivity contribution in [2.45, 2.75) is 21.0 Å². The Labute approximate surface area is 106 Å². The van der Waals surface area contributed by atoms with Gasteiger partial charge in [-0.3, -0.25) is 0 Å². The SMILES string of the molecule is ClC1=C(Cl)C2(Cl)CC1C(Cl)C2(Cl)Cl. The molecule has 3 unspecified atom stereocenters. The van der Waals surface area contributed by atoms with Crippen LogP contribution in [0, 0.1) is 5.92 Å². The predicted octanol–water partition coefficient (Wildman–Crippen LogP) is 4.47. The Balaban J connectivity index is 2.57. The average Bonchev–Trinajstić information content (AvgIpc) is 2.37. The van der Waals surface area contributed by atoms with E-state index in [4.69, 9.17) is 69.6 Å². The van der Waals surface area contributed by atoms with Crippen LogP contribution in [0.5, 0.6) is 0 Å². The molecule has 0 amide bonds. The molecule has 0 spiro atoms. The summed E-state index contributed by atoms with van der Waals surface area (Å²) in [6, 6.07) is 0. The molecule has 0 saturated heterocycles. The number of alkyl halides is 4. The van der Waals surface area contributed by atoms with E-state index in [9.17, 15) is 0 Å². The molecule has 13 heavy (non-hydrogen) atoms. The third-order valence-corrected chi connectivity index (χ3v) is 6.61. The Morgan fingerprint density at radius 3 is 2.08 bits per heavy atom. The van der Waals surface area contributed by atoms with Crippen molar-refractivity contribution in [3.63, 3.8) is 0 Å². The highest BCUT2D eigenvalue weighted by Crippen LogP contribution is 2.67. The molecular formula is C7H4Cl6. The lowest BCUT2D eigenvalue weighted by molar-refractivity contribution is 0.671. The predicted molar refractivity (Wildman–Crippen MR) is 59.5 cm³/mol. The highest BCUT2D eigenvalue weighted by atomic mass is 35.5. The van der Waals surface area contributed by atoms with Crippen molar-refractivity contribution < 1.29 is 0 Å². The molecule has 0 aromatic carbocycles. The molecule has 2 bridgehead atoms. The quantitative estimate of drug-likeness (QED) is 0.579. The molecule has 0 radical (unpaired) electrons. The second-order valence-corrected chi connectivity index (χ2v) is 6.58. The number of rotatable bonds is 0. The molecule has 0 aromatic heterocycles. The standard InChI is InChI=1S/C7H4Cl6/c8-3-2-1-6(11,5(3)10)7(12,13)4(2)9/h2,4H,1H2. The van der Waals surface area contributed by atoms with Crippen LogP contribution < -0.4 is 0 Å². The fraction of sp³-hybridized carbons (Fsp3) is 0.714. The van der Waals surface area contributed by atoms with E-state index in [0.29, 0.717) is 16.5 Å². The number of fused-ring (bicyclic) bond motifs is 2. The molecule has 2 aliphatic rings. The van der Waals surface area contributed by atoms with Crippen LogP contribution >= 0.6 is 69.6 Å². The van der Waals surface area contributed by atoms with Gasteiger partial charge >= 0.3 is 0 Å². The lowest BCUT2D eigenvalue weighted by Crippen LogP contribution is -2.43. The monoisotopic (exact) mass is 298 g/mol. The first-order valence-electron chi connectivity index (χ1n) is 3.59. The third kappa shape index (κ3) is 1.14. The van der Waals surface area contributed by atoms with E-state index in [1.807, 2.05) is 0 Å². The van der Waals surface area contributed by atoms with Crippen molar-refractivity contribution in [1.82, 2.24) is 0 Å². The van der Waals surface area contributed by atoms with Crippen LogP contribution in [0.25, 0.3) is 0 Å². The zero-order valence-electron chi connectivity index (χ0n) is 6.13. The molecule has 0 N–H and O–H groups in total. The van der Waals surface area contributed by atoms with Gasteiger partial charge in [-0.05, 0) is 6.42 Å². The van der Waals surface area contributed by atoms with E-state index >= 15 is 0 Å². The summed E-state index contributed by atoms with van der Waals surface area (Å²) in [4.78, 5) is -1.01. The van der Waals surface area contributed by atoms with Crippen molar-refractivity contribution in [3.8, 4) is 0 Å². The second kappa shape index (κ2) is 2.99. The molecule has 1 saturated carbocycles. The van der Waals surface area contributed by atoms with Gasteiger partial charge in [0.15, 0.2) is 4.33 Å². The molecule has 1 fully saturated rings. The van der Waals surface area contributed by atoms with Crippen LogP contribution in [0.1, 0.15) is 6.42 Å². The van der Waals surface area contributed by atoms with Gasteiger partial charge in [0.1, 0.15) is 4.87 Å². The summed E-state index contributed by atoms with van der Waals surface area (Å²) >= 11 is 36.2. The maximum absolute atomic E-state index is 6.21. The summed E-state index contributed by atoms with van der Waals surface area (Å²) in [6.07, 6.45) is 0.507. The molecule has 0 aliphatic heterocycles. The summed E-state index contributed by atoms with van der Waals surface area (Å²) in [5.74, 6) is -0.122. The highest BCUT2D eigenvalue weighted by Gasteiger charge is 2.68. The van der Waals surface area contributed by atoms with Gasteiger partial charge in [0.25, 0.3) is 0 Å². The molecule has 0 aromatic rings. The normalized spacial score (nSPS) is 47.5. The highest BCUT2D eigenvalue weighted by molar-refractivity contribution is 6.61. The molecule has 2 aliphatic carbocycles. The average molecular weight is 301 g/mol. The van der Waals surface area contributed by atoms with E-state index in [0.717, 1.165) is 0 Å². The van der Waals surface area contributed by atoms with E-state index in [1.54, 1.807) is 0 Å². The van der Waals surface area contributed by atoms with Crippen molar-refractivity contribution in [1.29, 1.82) is 0 Å². The number of halogens is 6. The summed E-state index contributed by atoms with van der Waals surface area (Å²) in [5, 5.41) is 0.347. The van der Waals surface area contributed by atoms with Crippen molar-refractivity contribution in [3.05, 3.63) is 10.1 Å². The Kier molecular flexibility index (Phi) is 2.53. The minimum absolute atomic E-state index is 0.122. The Bertz CT molecular complexity index is 295. The molecular weight excluding hydrogens is 297 g/mol. The van der Waals surface area contributed by atoms with Crippen LogP contribution in [-0.2, 0) is 0 Å². The van der Waals surface area contributed by atoms with E-state index in [2.05, 4.69) is 0 Å². The zero-order valence-corrected chi connectivity index (χ0v) is 10.7.